The van der Waals surface area contributed by atoms with Crippen molar-refractivity contribution in [2.45, 2.75) is 18.9 Å². The summed E-state index contributed by atoms with van der Waals surface area (Å²) in [6, 6.07) is 29.7. The second kappa shape index (κ2) is 8.61. The van der Waals surface area contributed by atoms with E-state index in [1.54, 1.807) is 0 Å². The Kier molecular flexibility index (Phi) is 5.99. The summed E-state index contributed by atoms with van der Waals surface area (Å²) in [6.07, 6.45) is 1.87. The molecule has 3 aromatic rings. The average molecular weight is 329 g/mol. The fourth-order valence-electron chi connectivity index (χ4n) is 3.11. The van der Waals surface area contributed by atoms with E-state index in [1.807, 2.05) is 12.1 Å². The molecule has 0 saturated heterocycles. The van der Waals surface area contributed by atoms with Crippen LogP contribution in [0, 0.1) is 5.92 Å². The van der Waals surface area contributed by atoms with Crippen molar-refractivity contribution >= 4 is 0 Å². The molecule has 1 radical (unpaired) electrons. The Balaban J connectivity index is 1.92. The summed E-state index contributed by atoms with van der Waals surface area (Å²) in [7, 11) is 0. The molecule has 0 aliphatic carbocycles. The lowest BCUT2D eigenvalue weighted by Gasteiger charge is -2.19. The summed E-state index contributed by atoms with van der Waals surface area (Å²) < 4.78 is 0. The molecule has 0 bridgehead atoms. The molecule has 0 aliphatic heterocycles. The number of hydrogen-bond acceptors (Lipinski definition) is 2. The molecule has 0 amide bonds. The smallest absolute Gasteiger partial charge is 0.0629 e. The number of rotatable bonds is 7. The van der Waals surface area contributed by atoms with Gasteiger partial charge in [0.15, 0.2) is 0 Å². The topological polar surface area (TPSA) is 52.0 Å². The zero-order chi connectivity index (χ0) is 17.5. The maximum absolute atomic E-state index is 6.27. The molecule has 127 valence electrons. The first-order chi connectivity index (χ1) is 12.3. The predicted molar refractivity (Wildman–Crippen MR) is 105 cm³/mol. The standard InChI is InChI=1S/C23H25N2/c24-17-7-12-22(25)18-13-15-21(16-14-18)23(19-8-3-1-4-9-19)20-10-5-2-6-11-20/h1-6,8-11,13-16,22H,7,12,17,24-25H2. The first-order valence-corrected chi connectivity index (χ1v) is 8.83. The molecule has 1 atom stereocenters. The zero-order valence-corrected chi connectivity index (χ0v) is 14.4. The van der Waals surface area contributed by atoms with Gasteiger partial charge in [0.05, 0.1) is 5.92 Å². The second-order valence-corrected chi connectivity index (χ2v) is 6.27. The van der Waals surface area contributed by atoms with E-state index in [-0.39, 0.29) is 6.04 Å². The van der Waals surface area contributed by atoms with E-state index in [0.29, 0.717) is 6.54 Å². The van der Waals surface area contributed by atoms with Crippen LogP contribution in [0.1, 0.15) is 41.1 Å². The normalized spacial score (nSPS) is 12.3. The Bertz CT molecular complexity index is 712. The molecule has 0 saturated carbocycles. The fraction of sp³-hybridized carbons (Fsp3) is 0.174. The van der Waals surface area contributed by atoms with Crippen LogP contribution in [0.5, 0.6) is 0 Å². The molecule has 3 aromatic carbocycles. The highest BCUT2D eigenvalue weighted by Gasteiger charge is 2.17. The Morgan fingerprint density at radius 3 is 1.64 bits per heavy atom. The Labute approximate surface area is 150 Å². The van der Waals surface area contributed by atoms with Gasteiger partial charge in [-0.15, -0.1) is 0 Å². The number of hydrogen-bond donors (Lipinski definition) is 2. The summed E-state index contributed by atoms with van der Waals surface area (Å²) in [5.41, 5.74) is 16.7. The van der Waals surface area contributed by atoms with E-state index in [9.17, 15) is 0 Å². The van der Waals surface area contributed by atoms with Gasteiger partial charge in [-0.25, -0.2) is 0 Å². The van der Waals surface area contributed by atoms with E-state index in [2.05, 4.69) is 72.8 Å². The molecule has 0 aliphatic rings. The molecular formula is C23H25N2. The van der Waals surface area contributed by atoms with Crippen molar-refractivity contribution in [2.75, 3.05) is 6.54 Å². The monoisotopic (exact) mass is 329 g/mol. The minimum Gasteiger partial charge on any atom is -0.330 e. The quantitative estimate of drug-likeness (QED) is 0.629. The van der Waals surface area contributed by atoms with Crippen LogP contribution < -0.4 is 11.5 Å². The van der Waals surface area contributed by atoms with Crippen LogP contribution in [0.2, 0.25) is 0 Å². The summed E-state index contributed by atoms with van der Waals surface area (Å²) in [5, 5.41) is 0. The van der Waals surface area contributed by atoms with E-state index in [4.69, 9.17) is 11.5 Å². The fourth-order valence-corrected chi connectivity index (χ4v) is 3.11. The molecule has 2 heteroatoms. The third kappa shape index (κ3) is 4.36. The Morgan fingerprint density at radius 1 is 0.680 bits per heavy atom. The predicted octanol–water partition coefficient (Wildman–Crippen LogP) is 4.44. The lowest BCUT2D eigenvalue weighted by atomic mass is 9.84. The van der Waals surface area contributed by atoms with Crippen molar-refractivity contribution in [3.05, 3.63) is 113 Å². The van der Waals surface area contributed by atoms with Gasteiger partial charge < -0.3 is 11.5 Å². The molecular weight excluding hydrogens is 304 g/mol. The van der Waals surface area contributed by atoms with E-state index in [0.717, 1.165) is 18.4 Å². The summed E-state index contributed by atoms with van der Waals surface area (Å²) in [5.74, 6) is 1.24. The molecule has 2 nitrogen and oxygen atoms in total. The van der Waals surface area contributed by atoms with Crippen molar-refractivity contribution in [3.8, 4) is 0 Å². The Hall–Kier alpha value is -2.42. The summed E-state index contributed by atoms with van der Waals surface area (Å²) >= 11 is 0. The summed E-state index contributed by atoms with van der Waals surface area (Å²) in [6.45, 7) is 0.686. The largest absolute Gasteiger partial charge is 0.330 e. The molecule has 1 unspecified atom stereocenters. The molecule has 25 heavy (non-hydrogen) atoms. The highest BCUT2D eigenvalue weighted by Crippen LogP contribution is 2.31. The van der Waals surface area contributed by atoms with Crippen molar-refractivity contribution < 1.29 is 0 Å². The van der Waals surface area contributed by atoms with Gasteiger partial charge in [-0.1, -0.05) is 84.9 Å². The molecule has 0 aromatic heterocycles. The average Bonchev–Trinajstić information content (AvgIpc) is 2.68. The van der Waals surface area contributed by atoms with Crippen LogP contribution in [-0.4, -0.2) is 6.54 Å². The molecule has 3 rings (SSSR count). The zero-order valence-electron chi connectivity index (χ0n) is 14.4. The minimum atomic E-state index is 0.0505. The van der Waals surface area contributed by atoms with Crippen LogP contribution >= 0.6 is 0 Å². The summed E-state index contributed by atoms with van der Waals surface area (Å²) in [4.78, 5) is 0. The van der Waals surface area contributed by atoms with Crippen molar-refractivity contribution in [2.24, 2.45) is 11.5 Å². The molecule has 0 spiro atoms. The minimum absolute atomic E-state index is 0.0505. The third-order valence-corrected chi connectivity index (χ3v) is 4.47. The lowest BCUT2D eigenvalue weighted by molar-refractivity contribution is 0.618. The van der Waals surface area contributed by atoms with Crippen LogP contribution in [0.25, 0.3) is 0 Å². The van der Waals surface area contributed by atoms with E-state index < -0.39 is 0 Å². The van der Waals surface area contributed by atoms with E-state index in [1.165, 1.54) is 22.6 Å². The molecule has 4 N–H and O–H groups in total. The third-order valence-electron chi connectivity index (χ3n) is 4.47. The van der Waals surface area contributed by atoms with Crippen LogP contribution in [0.15, 0.2) is 84.9 Å². The van der Waals surface area contributed by atoms with Gasteiger partial charge in [0.2, 0.25) is 0 Å². The van der Waals surface area contributed by atoms with Crippen LogP contribution in [0.3, 0.4) is 0 Å². The molecule has 0 heterocycles. The van der Waals surface area contributed by atoms with Gasteiger partial charge in [0.25, 0.3) is 0 Å². The van der Waals surface area contributed by atoms with Crippen molar-refractivity contribution in [1.29, 1.82) is 0 Å². The van der Waals surface area contributed by atoms with Crippen LogP contribution in [-0.2, 0) is 0 Å². The van der Waals surface area contributed by atoms with Gasteiger partial charge in [0, 0.05) is 6.04 Å². The van der Waals surface area contributed by atoms with E-state index >= 15 is 0 Å². The van der Waals surface area contributed by atoms with Crippen molar-refractivity contribution in [3.63, 3.8) is 0 Å². The number of nitrogens with two attached hydrogens (primary N) is 2. The van der Waals surface area contributed by atoms with Crippen molar-refractivity contribution in [1.82, 2.24) is 0 Å². The second-order valence-electron chi connectivity index (χ2n) is 6.27. The maximum Gasteiger partial charge on any atom is 0.0629 e. The highest BCUT2D eigenvalue weighted by molar-refractivity contribution is 5.57. The van der Waals surface area contributed by atoms with Gasteiger partial charge >= 0.3 is 0 Å². The van der Waals surface area contributed by atoms with Gasteiger partial charge in [0.1, 0.15) is 0 Å². The number of benzene rings is 3. The van der Waals surface area contributed by atoms with Gasteiger partial charge in [-0.2, -0.15) is 0 Å². The molecule has 0 fully saturated rings. The SMILES string of the molecule is NCCCC(N)c1ccc([C](c2ccccc2)c2ccccc2)cc1. The highest BCUT2D eigenvalue weighted by atomic mass is 14.6. The lowest BCUT2D eigenvalue weighted by Crippen LogP contribution is -2.13. The maximum atomic E-state index is 6.27. The first-order valence-electron chi connectivity index (χ1n) is 8.83. The van der Waals surface area contributed by atoms with Gasteiger partial charge in [-0.05, 0) is 41.6 Å². The first kappa shape index (κ1) is 17.4. The van der Waals surface area contributed by atoms with Crippen LogP contribution in [0.4, 0.5) is 0 Å². The Morgan fingerprint density at radius 2 is 1.16 bits per heavy atom. The van der Waals surface area contributed by atoms with Gasteiger partial charge in [-0.3, -0.25) is 0 Å².